The molecule has 0 saturated heterocycles. The molecule has 160 valence electrons. The number of carbonyl (C=O) groups excluding carboxylic acids is 1. The molecule has 0 spiro atoms. The molecule has 0 unspecified atom stereocenters. The van der Waals surface area contributed by atoms with Crippen LogP contribution in [0.3, 0.4) is 0 Å². The first kappa shape index (κ1) is 26.3. The number of nitrogens with one attached hydrogen (secondary N) is 3. The number of guanidine groups is 1. The Morgan fingerprint density at radius 2 is 1.75 bits per heavy atom. The van der Waals surface area contributed by atoms with E-state index in [-0.39, 0.29) is 24.0 Å². The maximum absolute atomic E-state index is 11.6. The van der Waals surface area contributed by atoms with Crippen LogP contribution in [0.25, 0.3) is 0 Å². The lowest BCUT2D eigenvalue weighted by molar-refractivity contribution is 0.0527. The van der Waals surface area contributed by atoms with E-state index in [0.29, 0.717) is 13.1 Å². The molecule has 1 aromatic carbocycles. The second-order valence-corrected chi connectivity index (χ2v) is 7.27. The number of aryl methyl sites for hydroxylation is 1. The van der Waals surface area contributed by atoms with Crippen LogP contribution >= 0.6 is 24.0 Å². The van der Waals surface area contributed by atoms with E-state index in [0.717, 1.165) is 31.1 Å². The fraction of sp³-hybridized carbons (Fsp3) is 0.600. The molecule has 3 N–H and O–H groups in total. The normalized spacial score (nSPS) is 11.3. The summed E-state index contributed by atoms with van der Waals surface area (Å²) in [6.45, 7) is 9.59. The van der Waals surface area contributed by atoms with Crippen LogP contribution in [0.2, 0.25) is 0 Å². The minimum atomic E-state index is -0.478. The largest absolute Gasteiger partial charge is 0.496 e. The van der Waals surface area contributed by atoms with E-state index in [4.69, 9.17) is 9.47 Å². The Hall–Kier alpha value is -1.71. The monoisotopic (exact) mass is 506 g/mol. The zero-order chi connectivity index (χ0) is 20.3. The van der Waals surface area contributed by atoms with Crippen molar-refractivity contribution in [3.8, 4) is 5.75 Å². The number of benzene rings is 1. The van der Waals surface area contributed by atoms with Crippen molar-refractivity contribution in [1.29, 1.82) is 0 Å². The van der Waals surface area contributed by atoms with Crippen molar-refractivity contribution >= 4 is 36.0 Å². The highest BCUT2D eigenvalue weighted by Gasteiger charge is 2.15. The number of ether oxygens (including phenoxy) is 2. The van der Waals surface area contributed by atoms with Crippen LogP contribution in [0.4, 0.5) is 4.79 Å². The van der Waals surface area contributed by atoms with Crippen LogP contribution in [-0.2, 0) is 11.2 Å². The molecule has 0 aromatic heterocycles. The summed E-state index contributed by atoms with van der Waals surface area (Å²) in [6.07, 6.45) is 1.22. The fourth-order valence-electron chi connectivity index (χ4n) is 2.44. The summed E-state index contributed by atoms with van der Waals surface area (Å²) in [5.74, 6) is 1.64. The van der Waals surface area contributed by atoms with Gasteiger partial charge < -0.3 is 25.4 Å². The summed E-state index contributed by atoms with van der Waals surface area (Å²) >= 11 is 0. The van der Waals surface area contributed by atoms with Crippen LogP contribution in [-0.4, -0.2) is 51.4 Å². The van der Waals surface area contributed by atoms with Crippen LogP contribution in [0.1, 0.15) is 38.3 Å². The highest BCUT2D eigenvalue weighted by molar-refractivity contribution is 14.0. The molecule has 0 aliphatic heterocycles. The Labute approximate surface area is 186 Å². The first-order chi connectivity index (χ1) is 12.7. The lowest BCUT2D eigenvalue weighted by Gasteiger charge is -2.19. The van der Waals surface area contributed by atoms with E-state index in [1.54, 1.807) is 14.2 Å². The van der Waals surface area contributed by atoms with E-state index in [2.05, 4.69) is 33.9 Å². The lowest BCUT2D eigenvalue weighted by atomic mass is 10.1. The minimum absolute atomic E-state index is 0. The zero-order valence-corrected chi connectivity index (χ0v) is 20.2. The Morgan fingerprint density at radius 3 is 2.36 bits per heavy atom. The third-order valence-electron chi connectivity index (χ3n) is 3.66. The van der Waals surface area contributed by atoms with E-state index < -0.39 is 11.7 Å². The molecule has 7 nitrogen and oxygen atoms in total. The van der Waals surface area contributed by atoms with Gasteiger partial charge in [0.25, 0.3) is 0 Å². The number of rotatable bonds is 8. The quantitative estimate of drug-likeness (QED) is 0.218. The van der Waals surface area contributed by atoms with Gasteiger partial charge in [0, 0.05) is 26.7 Å². The number of alkyl carbamates (subject to hydrolysis) is 1. The standard InChI is InChI=1S/C20H34N4O3.HI/c1-15-8-9-17(26-6)16(14-15)10-13-23-18(21-5)22-11-7-12-24-19(25)27-20(2,3)4;/h8-9,14H,7,10-13H2,1-6H3,(H,24,25)(H2,21,22,23);1H. The van der Waals surface area contributed by atoms with Crippen LogP contribution < -0.4 is 20.7 Å². The first-order valence-electron chi connectivity index (χ1n) is 9.30. The summed E-state index contributed by atoms with van der Waals surface area (Å²) < 4.78 is 10.6. The van der Waals surface area contributed by atoms with Crippen molar-refractivity contribution in [3.05, 3.63) is 29.3 Å². The van der Waals surface area contributed by atoms with Crippen LogP contribution in [0, 0.1) is 6.92 Å². The molecule has 28 heavy (non-hydrogen) atoms. The molecule has 1 rings (SSSR count). The van der Waals surface area contributed by atoms with Gasteiger partial charge in [0.1, 0.15) is 11.4 Å². The van der Waals surface area contributed by atoms with Gasteiger partial charge in [-0.15, -0.1) is 24.0 Å². The van der Waals surface area contributed by atoms with Gasteiger partial charge in [-0.25, -0.2) is 4.79 Å². The maximum atomic E-state index is 11.6. The number of halogens is 1. The van der Waals surface area contributed by atoms with Gasteiger partial charge in [-0.3, -0.25) is 4.99 Å². The van der Waals surface area contributed by atoms with Gasteiger partial charge in [-0.1, -0.05) is 17.7 Å². The molecule has 0 aliphatic rings. The summed E-state index contributed by atoms with van der Waals surface area (Å²) in [7, 11) is 3.43. The molecule has 0 heterocycles. The molecule has 0 saturated carbocycles. The molecule has 0 fully saturated rings. The minimum Gasteiger partial charge on any atom is -0.496 e. The van der Waals surface area contributed by atoms with Crippen molar-refractivity contribution in [2.75, 3.05) is 33.8 Å². The number of methoxy groups -OCH3 is 1. The van der Waals surface area contributed by atoms with E-state index in [9.17, 15) is 4.79 Å². The third-order valence-corrected chi connectivity index (χ3v) is 3.66. The lowest BCUT2D eigenvalue weighted by Crippen LogP contribution is -2.40. The predicted molar refractivity (Wildman–Crippen MR) is 125 cm³/mol. The summed E-state index contributed by atoms with van der Waals surface area (Å²) in [5, 5.41) is 9.26. The summed E-state index contributed by atoms with van der Waals surface area (Å²) in [5.41, 5.74) is 1.90. The Morgan fingerprint density at radius 1 is 1.11 bits per heavy atom. The second kappa shape index (κ2) is 13.5. The van der Waals surface area contributed by atoms with Gasteiger partial charge in [0.2, 0.25) is 0 Å². The fourth-order valence-corrected chi connectivity index (χ4v) is 2.44. The smallest absolute Gasteiger partial charge is 0.407 e. The highest BCUT2D eigenvalue weighted by Crippen LogP contribution is 2.19. The van der Waals surface area contributed by atoms with E-state index in [1.165, 1.54) is 11.1 Å². The number of aliphatic imine (C=N–C) groups is 1. The average molecular weight is 506 g/mol. The van der Waals surface area contributed by atoms with Gasteiger partial charge in [0.15, 0.2) is 5.96 Å². The number of nitrogens with zero attached hydrogens (tertiary/aromatic N) is 1. The maximum Gasteiger partial charge on any atom is 0.407 e. The number of hydrogen-bond acceptors (Lipinski definition) is 4. The third kappa shape index (κ3) is 11.2. The Balaban J connectivity index is 0.00000729. The first-order valence-corrected chi connectivity index (χ1v) is 9.30. The Bertz CT molecular complexity index is 630. The van der Waals surface area contributed by atoms with Gasteiger partial charge >= 0.3 is 6.09 Å². The van der Waals surface area contributed by atoms with E-state index >= 15 is 0 Å². The zero-order valence-electron chi connectivity index (χ0n) is 17.8. The van der Waals surface area contributed by atoms with Crippen molar-refractivity contribution in [1.82, 2.24) is 16.0 Å². The summed E-state index contributed by atoms with van der Waals surface area (Å²) in [4.78, 5) is 15.8. The number of amides is 1. The van der Waals surface area contributed by atoms with Gasteiger partial charge in [-0.2, -0.15) is 0 Å². The van der Waals surface area contributed by atoms with Gasteiger partial charge in [-0.05, 0) is 52.2 Å². The van der Waals surface area contributed by atoms with Crippen LogP contribution in [0.5, 0.6) is 5.75 Å². The van der Waals surface area contributed by atoms with E-state index in [1.807, 2.05) is 32.9 Å². The molecule has 8 heteroatoms. The van der Waals surface area contributed by atoms with Crippen molar-refractivity contribution in [2.24, 2.45) is 4.99 Å². The molecule has 1 aromatic rings. The topological polar surface area (TPSA) is 84.0 Å². The second-order valence-electron chi connectivity index (χ2n) is 7.27. The van der Waals surface area contributed by atoms with Crippen molar-refractivity contribution < 1.29 is 14.3 Å². The predicted octanol–water partition coefficient (Wildman–Crippen LogP) is 3.24. The number of hydrogen-bond donors (Lipinski definition) is 3. The number of carbonyl (C=O) groups is 1. The molecule has 1 amide bonds. The molecule has 0 bridgehead atoms. The molecular weight excluding hydrogens is 471 g/mol. The molecular formula is C20H35IN4O3. The summed E-state index contributed by atoms with van der Waals surface area (Å²) in [6, 6.07) is 6.18. The SMILES string of the molecule is CN=C(NCCCNC(=O)OC(C)(C)C)NCCc1cc(C)ccc1OC.I. The highest BCUT2D eigenvalue weighted by atomic mass is 127. The Kier molecular flexibility index (Phi) is 12.6. The molecule has 0 radical (unpaired) electrons. The molecule has 0 aliphatic carbocycles. The van der Waals surface area contributed by atoms with Crippen molar-refractivity contribution in [3.63, 3.8) is 0 Å². The van der Waals surface area contributed by atoms with Crippen molar-refractivity contribution in [2.45, 2.75) is 46.1 Å². The van der Waals surface area contributed by atoms with Gasteiger partial charge in [0.05, 0.1) is 7.11 Å². The molecule has 0 atom stereocenters. The average Bonchev–Trinajstić information content (AvgIpc) is 2.58. The van der Waals surface area contributed by atoms with Crippen LogP contribution in [0.15, 0.2) is 23.2 Å².